The second-order valence-electron chi connectivity index (χ2n) is 5.12. The van der Waals surface area contributed by atoms with Crippen molar-refractivity contribution in [2.45, 2.75) is 45.6 Å². The Morgan fingerprint density at radius 1 is 1.14 bits per heavy atom. The predicted octanol–water partition coefficient (Wildman–Crippen LogP) is 1.83. The van der Waals surface area contributed by atoms with Gasteiger partial charge < -0.3 is 14.2 Å². The number of carbonyl (C=O) groups is 2. The fourth-order valence-electron chi connectivity index (χ4n) is 3.16. The van der Waals surface area contributed by atoms with Gasteiger partial charge in [0.05, 0.1) is 19.3 Å². The molecule has 0 amide bonds. The number of methoxy groups -OCH3 is 1. The smallest absolute Gasteiger partial charge is 0.335 e. The molecule has 0 saturated heterocycles. The fourth-order valence-corrected chi connectivity index (χ4v) is 3.16. The van der Waals surface area contributed by atoms with E-state index >= 15 is 0 Å². The molecule has 0 spiro atoms. The van der Waals surface area contributed by atoms with Crippen LogP contribution in [0.5, 0.6) is 0 Å². The maximum Gasteiger partial charge on any atom is 0.335 e. The molecular formula is C15H23NO5. The quantitative estimate of drug-likeness (QED) is 0.666. The highest BCUT2D eigenvalue weighted by Gasteiger charge is 2.55. The third-order valence-corrected chi connectivity index (χ3v) is 4.02. The summed E-state index contributed by atoms with van der Waals surface area (Å²) < 4.78 is 15.4. The van der Waals surface area contributed by atoms with E-state index in [-0.39, 0.29) is 13.2 Å². The summed E-state index contributed by atoms with van der Waals surface area (Å²) in [4.78, 5) is 24.3. The Balaban J connectivity index is 3.13. The van der Waals surface area contributed by atoms with Crippen LogP contribution in [0.4, 0.5) is 0 Å². The lowest BCUT2D eigenvalue weighted by atomic mass is 9.70. The summed E-state index contributed by atoms with van der Waals surface area (Å²) in [6.45, 7) is 3.82. The minimum Gasteiger partial charge on any atom is -0.465 e. The molecule has 0 aromatic carbocycles. The summed E-state index contributed by atoms with van der Waals surface area (Å²) >= 11 is 0. The summed E-state index contributed by atoms with van der Waals surface area (Å²) in [5.74, 6) is -2.13. The number of esters is 2. The van der Waals surface area contributed by atoms with Gasteiger partial charge in [-0.3, -0.25) is 4.79 Å². The second kappa shape index (κ2) is 7.99. The van der Waals surface area contributed by atoms with Gasteiger partial charge >= 0.3 is 11.9 Å². The Kier molecular flexibility index (Phi) is 6.63. The molecular weight excluding hydrogens is 274 g/mol. The van der Waals surface area contributed by atoms with E-state index in [1.165, 1.54) is 7.11 Å². The summed E-state index contributed by atoms with van der Waals surface area (Å²) in [6, 6.07) is 2.02. The van der Waals surface area contributed by atoms with Gasteiger partial charge in [-0.1, -0.05) is 12.8 Å². The van der Waals surface area contributed by atoms with Gasteiger partial charge in [0.25, 0.3) is 0 Å². The topological polar surface area (TPSA) is 85.6 Å². The van der Waals surface area contributed by atoms with Crippen molar-refractivity contribution in [1.82, 2.24) is 0 Å². The molecule has 0 aliphatic heterocycles. The maximum atomic E-state index is 12.2. The first-order valence-electron chi connectivity index (χ1n) is 7.33. The number of nitriles is 1. The van der Waals surface area contributed by atoms with Crippen LogP contribution < -0.4 is 0 Å². The van der Waals surface area contributed by atoms with Gasteiger partial charge in [0.2, 0.25) is 0 Å². The third-order valence-electron chi connectivity index (χ3n) is 4.02. The van der Waals surface area contributed by atoms with Gasteiger partial charge in [-0.25, -0.2) is 4.79 Å². The minimum absolute atomic E-state index is 0.199. The minimum atomic E-state index is -1.02. The second-order valence-corrected chi connectivity index (χ2v) is 5.12. The molecule has 1 aliphatic carbocycles. The van der Waals surface area contributed by atoms with Crippen molar-refractivity contribution < 1.29 is 23.8 Å². The molecule has 2 atom stereocenters. The molecule has 0 N–H and O–H groups in total. The molecule has 1 fully saturated rings. The summed E-state index contributed by atoms with van der Waals surface area (Å²) in [6.07, 6.45) is 1.91. The fraction of sp³-hybridized carbons (Fsp3) is 0.800. The highest BCUT2D eigenvalue weighted by Crippen LogP contribution is 2.48. The Labute approximate surface area is 125 Å². The van der Waals surface area contributed by atoms with Gasteiger partial charge in [0.15, 0.2) is 12.0 Å². The van der Waals surface area contributed by atoms with Crippen LogP contribution in [0.25, 0.3) is 0 Å². The molecule has 0 aromatic heterocycles. The molecule has 1 saturated carbocycles. The van der Waals surface area contributed by atoms with Crippen molar-refractivity contribution in [3.63, 3.8) is 0 Å². The van der Waals surface area contributed by atoms with E-state index in [0.29, 0.717) is 12.8 Å². The summed E-state index contributed by atoms with van der Waals surface area (Å²) in [5.41, 5.74) is -0.859. The van der Waals surface area contributed by atoms with Crippen molar-refractivity contribution in [2.24, 2.45) is 11.3 Å². The van der Waals surface area contributed by atoms with E-state index in [1.54, 1.807) is 13.8 Å². The number of carbonyl (C=O) groups excluding carboxylic acids is 2. The monoisotopic (exact) mass is 297 g/mol. The van der Waals surface area contributed by atoms with E-state index in [0.717, 1.165) is 12.8 Å². The first-order valence-corrected chi connectivity index (χ1v) is 7.33. The molecule has 2 unspecified atom stereocenters. The lowest BCUT2D eigenvalue weighted by molar-refractivity contribution is -0.171. The lowest BCUT2D eigenvalue weighted by Crippen LogP contribution is -2.49. The van der Waals surface area contributed by atoms with Crippen molar-refractivity contribution in [2.75, 3.05) is 20.3 Å². The van der Waals surface area contributed by atoms with Crippen LogP contribution in [0.1, 0.15) is 39.5 Å². The zero-order valence-corrected chi connectivity index (χ0v) is 12.9. The first kappa shape index (κ1) is 17.4. The Morgan fingerprint density at radius 3 is 2.10 bits per heavy atom. The highest BCUT2D eigenvalue weighted by atomic mass is 16.6. The SMILES string of the molecule is CCOC(=O)C(C#N)C1(C(OC)C(=O)OCC)CCCC1. The Hall–Kier alpha value is -1.61. The molecule has 0 aromatic rings. The van der Waals surface area contributed by atoms with E-state index in [2.05, 4.69) is 0 Å². The maximum absolute atomic E-state index is 12.2. The molecule has 0 radical (unpaired) electrons. The summed E-state index contributed by atoms with van der Waals surface area (Å²) in [7, 11) is 1.40. The average molecular weight is 297 g/mol. The Morgan fingerprint density at radius 2 is 1.67 bits per heavy atom. The number of hydrogen-bond donors (Lipinski definition) is 0. The highest BCUT2D eigenvalue weighted by molar-refractivity contribution is 5.81. The molecule has 0 bridgehead atoms. The molecule has 6 nitrogen and oxygen atoms in total. The van der Waals surface area contributed by atoms with Crippen LogP contribution in [0, 0.1) is 22.7 Å². The van der Waals surface area contributed by atoms with Gasteiger partial charge in [0, 0.05) is 12.5 Å². The standard InChI is InChI=1S/C15H23NO5/c1-4-20-13(17)11(10-16)15(8-6-7-9-15)12(19-3)14(18)21-5-2/h11-12H,4-9H2,1-3H3. The van der Waals surface area contributed by atoms with Crippen LogP contribution >= 0.6 is 0 Å². The third kappa shape index (κ3) is 3.53. The molecule has 1 rings (SSSR count). The van der Waals surface area contributed by atoms with Gasteiger partial charge in [-0.05, 0) is 26.7 Å². The van der Waals surface area contributed by atoms with Gasteiger partial charge in [-0.15, -0.1) is 0 Å². The molecule has 1 aliphatic rings. The van der Waals surface area contributed by atoms with Gasteiger partial charge in [0.1, 0.15) is 0 Å². The summed E-state index contributed by atoms with van der Waals surface area (Å²) in [5, 5.41) is 9.45. The number of hydrogen-bond acceptors (Lipinski definition) is 6. The van der Waals surface area contributed by atoms with E-state index in [4.69, 9.17) is 14.2 Å². The van der Waals surface area contributed by atoms with Gasteiger partial charge in [-0.2, -0.15) is 5.26 Å². The number of ether oxygens (including phenoxy) is 3. The largest absolute Gasteiger partial charge is 0.465 e. The molecule has 0 heterocycles. The van der Waals surface area contributed by atoms with E-state index in [9.17, 15) is 14.9 Å². The van der Waals surface area contributed by atoms with Crippen molar-refractivity contribution in [3.8, 4) is 6.07 Å². The normalized spacial score (nSPS) is 19.3. The Bertz CT molecular complexity index is 409. The van der Waals surface area contributed by atoms with Crippen molar-refractivity contribution in [1.29, 1.82) is 5.26 Å². The van der Waals surface area contributed by atoms with Crippen molar-refractivity contribution >= 4 is 11.9 Å². The number of nitrogens with zero attached hydrogens (tertiary/aromatic N) is 1. The number of rotatable bonds is 7. The molecule has 118 valence electrons. The zero-order chi connectivity index (χ0) is 15.9. The lowest BCUT2D eigenvalue weighted by Gasteiger charge is -2.37. The predicted molar refractivity (Wildman–Crippen MR) is 74.1 cm³/mol. The molecule has 21 heavy (non-hydrogen) atoms. The van der Waals surface area contributed by atoms with E-state index in [1.807, 2.05) is 6.07 Å². The van der Waals surface area contributed by atoms with Crippen LogP contribution in [0.3, 0.4) is 0 Å². The van der Waals surface area contributed by atoms with Crippen LogP contribution in [-0.2, 0) is 23.8 Å². The first-order chi connectivity index (χ1) is 10.1. The molecule has 6 heteroatoms. The van der Waals surface area contributed by atoms with Crippen LogP contribution in [-0.4, -0.2) is 38.4 Å². The van der Waals surface area contributed by atoms with Crippen LogP contribution in [0.15, 0.2) is 0 Å². The van der Waals surface area contributed by atoms with Crippen LogP contribution in [0.2, 0.25) is 0 Å². The van der Waals surface area contributed by atoms with Crippen molar-refractivity contribution in [3.05, 3.63) is 0 Å². The van der Waals surface area contributed by atoms with E-state index < -0.39 is 29.4 Å². The average Bonchev–Trinajstić information content (AvgIpc) is 2.91. The zero-order valence-electron chi connectivity index (χ0n) is 12.9.